The Morgan fingerprint density at radius 2 is 1.96 bits per heavy atom. The fourth-order valence-electron chi connectivity index (χ4n) is 2.14. The fraction of sp³-hybridized carbons (Fsp3) is 0.0556. The Hall–Kier alpha value is -3.13. The average molecular weight is 372 g/mol. The van der Waals surface area contributed by atoms with Crippen molar-refractivity contribution in [2.24, 2.45) is 0 Å². The smallest absolute Gasteiger partial charge is 0.290 e. The Balaban J connectivity index is 1.54. The van der Waals surface area contributed by atoms with Crippen LogP contribution in [0.15, 0.2) is 53.4 Å². The highest BCUT2D eigenvalue weighted by Crippen LogP contribution is 2.26. The van der Waals surface area contributed by atoms with Gasteiger partial charge in [-0.2, -0.15) is 0 Å². The zero-order valence-electron chi connectivity index (χ0n) is 13.3. The second-order valence-corrected chi connectivity index (χ2v) is 6.28. The van der Waals surface area contributed by atoms with Gasteiger partial charge in [0.2, 0.25) is 0 Å². The highest BCUT2D eigenvalue weighted by Gasteiger charge is 2.24. The molecule has 0 bridgehead atoms. The zero-order chi connectivity index (χ0) is 18.5. The first kappa shape index (κ1) is 17.7. The molecule has 8 heteroatoms. The Morgan fingerprint density at radius 3 is 2.62 bits per heavy atom. The number of anilines is 1. The molecule has 0 unspecified atom stereocenters. The number of imide groups is 1. The lowest BCUT2D eigenvalue weighted by Gasteiger charge is -2.08. The van der Waals surface area contributed by atoms with Gasteiger partial charge in [-0.05, 0) is 53.7 Å². The molecule has 6 nitrogen and oxygen atoms in total. The van der Waals surface area contributed by atoms with E-state index < -0.39 is 22.9 Å². The molecule has 0 radical (unpaired) electrons. The summed E-state index contributed by atoms with van der Waals surface area (Å²) < 4.78 is 18.4. The topological polar surface area (TPSA) is 84.5 Å². The van der Waals surface area contributed by atoms with E-state index in [1.54, 1.807) is 36.4 Å². The Bertz CT molecular complexity index is 896. The minimum absolute atomic E-state index is 0.232. The summed E-state index contributed by atoms with van der Waals surface area (Å²) in [5.74, 6) is -0.820. The van der Waals surface area contributed by atoms with Crippen molar-refractivity contribution in [1.29, 1.82) is 0 Å². The van der Waals surface area contributed by atoms with Crippen LogP contribution in [0.1, 0.15) is 5.56 Å². The minimum atomic E-state index is -0.441. The van der Waals surface area contributed by atoms with Gasteiger partial charge in [-0.15, -0.1) is 0 Å². The summed E-state index contributed by atoms with van der Waals surface area (Å²) in [5, 5.41) is 4.31. The van der Waals surface area contributed by atoms with Gasteiger partial charge in [0.25, 0.3) is 17.1 Å². The molecule has 2 aromatic carbocycles. The summed E-state index contributed by atoms with van der Waals surface area (Å²) in [7, 11) is 0. The van der Waals surface area contributed by atoms with Gasteiger partial charge in [0.05, 0.1) is 4.91 Å². The second kappa shape index (κ2) is 7.83. The van der Waals surface area contributed by atoms with Gasteiger partial charge in [-0.1, -0.05) is 18.2 Å². The number of hydrogen-bond donors (Lipinski definition) is 2. The minimum Gasteiger partial charge on any atom is -0.484 e. The number of hydrogen-bond acceptors (Lipinski definition) is 5. The molecule has 2 N–H and O–H groups in total. The maximum atomic E-state index is 13.1. The lowest BCUT2D eigenvalue weighted by atomic mass is 10.2. The van der Waals surface area contributed by atoms with E-state index in [9.17, 15) is 18.8 Å². The number of halogens is 1. The number of amides is 3. The van der Waals surface area contributed by atoms with Crippen LogP contribution in [0.3, 0.4) is 0 Å². The van der Waals surface area contributed by atoms with Crippen molar-refractivity contribution in [2.45, 2.75) is 0 Å². The molecule has 0 aromatic heterocycles. The van der Waals surface area contributed by atoms with Crippen LogP contribution < -0.4 is 15.4 Å². The van der Waals surface area contributed by atoms with E-state index in [0.717, 1.165) is 11.8 Å². The molecule has 1 fully saturated rings. The first-order valence-corrected chi connectivity index (χ1v) is 8.34. The van der Waals surface area contributed by atoms with Crippen LogP contribution >= 0.6 is 11.8 Å². The SMILES string of the molecule is O=C(COc1ccc(/C=C2\SC(=O)NC2=O)cc1)Nc1cccc(F)c1. The summed E-state index contributed by atoms with van der Waals surface area (Å²) in [6.45, 7) is -0.232. The number of carbonyl (C=O) groups is 3. The molecule has 0 spiro atoms. The van der Waals surface area contributed by atoms with E-state index in [2.05, 4.69) is 10.6 Å². The second-order valence-electron chi connectivity index (χ2n) is 5.27. The summed E-state index contributed by atoms with van der Waals surface area (Å²) >= 11 is 0.839. The van der Waals surface area contributed by atoms with Crippen molar-refractivity contribution < 1.29 is 23.5 Å². The summed E-state index contributed by atoms with van der Waals surface area (Å²) in [6.07, 6.45) is 1.59. The van der Waals surface area contributed by atoms with Gasteiger partial charge in [-0.3, -0.25) is 19.7 Å². The van der Waals surface area contributed by atoms with E-state index in [0.29, 0.717) is 21.9 Å². The third kappa shape index (κ3) is 4.70. The predicted octanol–water partition coefficient (Wildman–Crippen LogP) is 3.17. The van der Waals surface area contributed by atoms with Gasteiger partial charge in [0, 0.05) is 5.69 Å². The van der Waals surface area contributed by atoms with Crippen LogP contribution in [-0.4, -0.2) is 23.7 Å². The lowest BCUT2D eigenvalue weighted by Crippen LogP contribution is -2.20. The Morgan fingerprint density at radius 1 is 1.19 bits per heavy atom. The average Bonchev–Trinajstić information content (AvgIpc) is 2.91. The van der Waals surface area contributed by atoms with Crippen molar-refractivity contribution >= 4 is 40.6 Å². The molecular weight excluding hydrogens is 359 g/mol. The van der Waals surface area contributed by atoms with Gasteiger partial charge in [0.15, 0.2) is 6.61 Å². The molecule has 0 aliphatic carbocycles. The molecule has 1 aliphatic heterocycles. The summed E-state index contributed by atoms with van der Waals surface area (Å²) in [5.41, 5.74) is 1.07. The molecule has 26 heavy (non-hydrogen) atoms. The third-order valence-electron chi connectivity index (χ3n) is 3.30. The Labute approximate surface area is 152 Å². The number of carbonyl (C=O) groups excluding carboxylic acids is 3. The molecule has 3 amide bonds. The highest BCUT2D eigenvalue weighted by molar-refractivity contribution is 8.18. The van der Waals surface area contributed by atoms with Gasteiger partial charge >= 0.3 is 0 Å². The molecule has 1 saturated heterocycles. The van der Waals surface area contributed by atoms with Crippen LogP contribution in [0.4, 0.5) is 14.9 Å². The number of nitrogens with one attached hydrogen (secondary N) is 2. The van der Waals surface area contributed by atoms with E-state index >= 15 is 0 Å². The van der Waals surface area contributed by atoms with Crippen LogP contribution in [0, 0.1) is 5.82 Å². The highest BCUT2D eigenvalue weighted by atomic mass is 32.2. The predicted molar refractivity (Wildman–Crippen MR) is 96.1 cm³/mol. The first-order valence-electron chi connectivity index (χ1n) is 7.53. The van der Waals surface area contributed by atoms with Crippen LogP contribution in [0.5, 0.6) is 5.75 Å². The first-order chi connectivity index (χ1) is 12.5. The van der Waals surface area contributed by atoms with Crippen molar-refractivity contribution in [2.75, 3.05) is 11.9 Å². The lowest BCUT2D eigenvalue weighted by molar-refractivity contribution is -0.118. The van der Waals surface area contributed by atoms with Gasteiger partial charge in [-0.25, -0.2) is 4.39 Å². The standard InChI is InChI=1S/C18H13FN2O4S/c19-12-2-1-3-13(9-12)20-16(22)10-25-14-6-4-11(5-7-14)8-15-17(23)21-18(24)26-15/h1-9H,10H2,(H,20,22)(H,21,23,24)/b15-8-. The number of rotatable bonds is 5. The molecule has 2 aromatic rings. The van der Waals surface area contributed by atoms with Crippen molar-refractivity contribution in [3.63, 3.8) is 0 Å². The number of ether oxygens (including phenoxy) is 1. The molecule has 3 rings (SSSR count). The zero-order valence-corrected chi connectivity index (χ0v) is 14.1. The van der Waals surface area contributed by atoms with Crippen LogP contribution in [-0.2, 0) is 9.59 Å². The normalized spacial score (nSPS) is 15.0. The third-order valence-corrected chi connectivity index (χ3v) is 4.11. The van der Waals surface area contributed by atoms with E-state index in [-0.39, 0.29) is 6.61 Å². The monoisotopic (exact) mass is 372 g/mol. The van der Waals surface area contributed by atoms with E-state index in [1.165, 1.54) is 18.2 Å². The molecule has 1 aliphatic rings. The molecular formula is C18H13FN2O4S. The molecule has 0 saturated carbocycles. The molecule has 0 atom stereocenters. The summed E-state index contributed by atoms with van der Waals surface area (Å²) in [4.78, 5) is 34.7. The summed E-state index contributed by atoms with van der Waals surface area (Å²) in [6, 6.07) is 12.2. The van der Waals surface area contributed by atoms with E-state index in [4.69, 9.17) is 4.74 Å². The van der Waals surface area contributed by atoms with Gasteiger partial charge < -0.3 is 10.1 Å². The van der Waals surface area contributed by atoms with Crippen molar-refractivity contribution in [3.05, 3.63) is 64.8 Å². The van der Waals surface area contributed by atoms with Crippen molar-refractivity contribution in [3.8, 4) is 5.75 Å². The maximum absolute atomic E-state index is 13.1. The Kier molecular flexibility index (Phi) is 5.33. The fourth-order valence-corrected chi connectivity index (χ4v) is 2.83. The number of thioether (sulfide) groups is 1. The van der Waals surface area contributed by atoms with Gasteiger partial charge in [0.1, 0.15) is 11.6 Å². The number of benzene rings is 2. The van der Waals surface area contributed by atoms with E-state index in [1.807, 2.05) is 0 Å². The van der Waals surface area contributed by atoms with Crippen LogP contribution in [0.2, 0.25) is 0 Å². The quantitative estimate of drug-likeness (QED) is 0.788. The molecule has 1 heterocycles. The maximum Gasteiger partial charge on any atom is 0.290 e. The van der Waals surface area contributed by atoms with Crippen LogP contribution in [0.25, 0.3) is 6.08 Å². The van der Waals surface area contributed by atoms with Crippen molar-refractivity contribution in [1.82, 2.24) is 5.32 Å². The molecule has 132 valence electrons. The largest absolute Gasteiger partial charge is 0.484 e.